The van der Waals surface area contributed by atoms with Gasteiger partial charge < -0.3 is 0 Å². The average Bonchev–Trinajstić information content (AvgIpc) is 3.99. The minimum absolute atomic E-state index is 0.420. The molecule has 264 valence electrons. The van der Waals surface area contributed by atoms with Crippen molar-refractivity contribution in [2.45, 2.75) is 5.41 Å². The van der Waals surface area contributed by atoms with Crippen molar-refractivity contribution in [1.82, 2.24) is 39.0 Å². The number of aromatic nitrogens is 8. The highest BCUT2D eigenvalue weighted by molar-refractivity contribution is 6.08. The third kappa shape index (κ3) is 3.85. The monoisotopic (exact) mass is 728 g/mol. The number of hydrogen-bond acceptors (Lipinski definition) is 6. The number of rotatable bonds is 3. The molecule has 13 rings (SSSR count). The summed E-state index contributed by atoms with van der Waals surface area (Å²) in [5, 5.41) is 4.03. The van der Waals surface area contributed by atoms with Crippen molar-refractivity contribution in [3.8, 4) is 45.5 Å². The second-order valence-corrected chi connectivity index (χ2v) is 14.7. The van der Waals surface area contributed by atoms with Crippen LogP contribution < -0.4 is 0 Å². The third-order valence-electron chi connectivity index (χ3n) is 12.0. The van der Waals surface area contributed by atoms with Crippen LogP contribution in [0.5, 0.6) is 0 Å². The van der Waals surface area contributed by atoms with E-state index in [2.05, 4.69) is 132 Å². The Morgan fingerprint density at radius 2 is 0.789 bits per heavy atom. The van der Waals surface area contributed by atoms with Gasteiger partial charge in [0.05, 0.1) is 10.9 Å². The molecule has 57 heavy (non-hydrogen) atoms. The minimum atomic E-state index is -0.604. The Morgan fingerprint density at radius 3 is 1.40 bits per heavy atom. The van der Waals surface area contributed by atoms with Crippen LogP contribution in [0, 0.1) is 0 Å². The number of para-hydroxylation sites is 1. The minimum Gasteiger partial charge on any atom is -0.262 e. The van der Waals surface area contributed by atoms with Gasteiger partial charge >= 0.3 is 0 Å². The zero-order chi connectivity index (χ0) is 37.2. The van der Waals surface area contributed by atoms with Gasteiger partial charge in [-0.2, -0.15) is 15.0 Å². The van der Waals surface area contributed by atoms with Gasteiger partial charge in [-0.1, -0.05) is 109 Å². The molecule has 0 aliphatic heterocycles. The summed E-state index contributed by atoms with van der Waals surface area (Å²) in [6, 6.07) is 53.5. The zero-order valence-corrected chi connectivity index (χ0v) is 30.2. The zero-order valence-electron chi connectivity index (χ0n) is 30.2. The summed E-state index contributed by atoms with van der Waals surface area (Å²) in [6.45, 7) is 0. The second-order valence-electron chi connectivity index (χ2n) is 14.7. The van der Waals surface area contributed by atoms with Gasteiger partial charge in [0.25, 0.3) is 0 Å². The summed E-state index contributed by atoms with van der Waals surface area (Å²) in [7, 11) is 0. The van der Waals surface area contributed by atoms with Crippen LogP contribution >= 0.6 is 0 Å². The highest BCUT2D eigenvalue weighted by Crippen LogP contribution is 2.64. The van der Waals surface area contributed by atoms with E-state index in [4.69, 9.17) is 29.9 Å². The third-order valence-corrected chi connectivity index (χ3v) is 12.0. The summed E-state index contributed by atoms with van der Waals surface area (Å²) in [5.41, 5.74) is 13.2. The van der Waals surface area contributed by atoms with Gasteiger partial charge in [-0.3, -0.25) is 4.57 Å². The first-order valence-corrected chi connectivity index (χ1v) is 19.0. The van der Waals surface area contributed by atoms with Gasteiger partial charge in [-0.05, 0) is 87.0 Å². The predicted octanol–water partition coefficient (Wildman–Crippen LogP) is 10.3. The Morgan fingerprint density at radius 1 is 0.351 bits per heavy atom. The molecule has 1 spiro atoms. The van der Waals surface area contributed by atoms with Crippen LogP contribution in [0.4, 0.5) is 0 Å². The topological polar surface area (TPSA) is 87.2 Å². The smallest absolute Gasteiger partial charge is 0.242 e. The fraction of sp³-hybridized carbons (Fsp3) is 0.0204. The molecule has 2 aliphatic rings. The lowest BCUT2D eigenvalue weighted by Gasteiger charge is -2.31. The molecule has 5 aromatic carbocycles. The van der Waals surface area contributed by atoms with Crippen molar-refractivity contribution in [1.29, 1.82) is 0 Å². The molecular formula is C49H28N8. The maximum Gasteiger partial charge on any atom is 0.242 e. The Kier molecular flexibility index (Phi) is 5.94. The molecule has 11 aromatic rings. The molecule has 8 heteroatoms. The Hall–Kier alpha value is -7.84. The first-order chi connectivity index (χ1) is 28.3. The molecule has 8 nitrogen and oxygen atoms in total. The molecule has 0 amide bonds. The molecule has 0 radical (unpaired) electrons. The highest BCUT2D eigenvalue weighted by Gasteiger charge is 2.53. The molecule has 0 fully saturated rings. The van der Waals surface area contributed by atoms with Crippen molar-refractivity contribution in [3.63, 3.8) is 0 Å². The summed E-state index contributed by atoms with van der Waals surface area (Å²) in [5.74, 6) is 1.42. The lowest BCUT2D eigenvalue weighted by atomic mass is 9.69. The van der Waals surface area contributed by atoms with Crippen LogP contribution in [0.2, 0.25) is 0 Å². The molecule has 0 saturated carbocycles. The fourth-order valence-electron chi connectivity index (χ4n) is 9.87. The van der Waals surface area contributed by atoms with E-state index in [9.17, 15) is 0 Å². The summed E-state index contributed by atoms with van der Waals surface area (Å²) in [4.78, 5) is 30.9. The average molecular weight is 729 g/mol. The molecule has 0 atom stereocenters. The second kappa shape index (κ2) is 11.1. The van der Waals surface area contributed by atoms with Crippen molar-refractivity contribution in [3.05, 3.63) is 193 Å². The molecule has 6 heterocycles. The number of hydrogen-bond donors (Lipinski definition) is 0. The van der Waals surface area contributed by atoms with Gasteiger partial charge in [-0.25, -0.2) is 19.5 Å². The molecular weight excluding hydrogens is 701 g/mol. The largest absolute Gasteiger partial charge is 0.262 e. The first kappa shape index (κ1) is 30.5. The molecule has 6 aromatic heterocycles. The maximum absolute atomic E-state index is 5.47. The van der Waals surface area contributed by atoms with Crippen LogP contribution in [0.15, 0.2) is 170 Å². The van der Waals surface area contributed by atoms with Gasteiger partial charge in [-0.15, -0.1) is 0 Å². The predicted molar refractivity (Wildman–Crippen MR) is 224 cm³/mol. The van der Waals surface area contributed by atoms with Crippen molar-refractivity contribution >= 4 is 44.0 Å². The summed E-state index contributed by atoms with van der Waals surface area (Å²) >= 11 is 0. The number of benzene rings is 5. The molecule has 0 N–H and O–H groups in total. The van der Waals surface area contributed by atoms with Crippen molar-refractivity contribution < 1.29 is 0 Å². The highest BCUT2D eigenvalue weighted by atomic mass is 15.3. The van der Waals surface area contributed by atoms with E-state index < -0.39 is 5.41 Å². The molecule has 0 saturated heterocycles. The fourth-order valence-corrected chi connectivity index (χ4v) is 9.87. The van der Waals surface area contributed by atoms with E-state index in [-0.39, 0.29) is 0 Å². The summed E-state index contributed by atoms with van der Waals surface area (Å²) in [6.07, 6.45) is 5.43. The van der Waals surface area contributed by atoms with Crippen LogP contribution in [0.3, 0.4) is 0 Å². The lowest BCUT2D eigenvalue weighted by molar-refractivity contribution is 0.792. The van der Waals surface area contributed by atoms with Crippen molar-refractivity contribution in [2.24, 2.45) is 0 Å². The van der Waals surface area contributed by atoms with E-state index >= 15 is 0 Å². The molecule has 0 unspecified atom stereocenters. The van der Waals surface area contributed by atoms with Crippen LogP contribution in [-0.2, 0) is 5.41 Å². The van der Waals surface area contributed by atoms with Crippen LogP contribution in [-0.4, -0.2) is 39.0 Å². The standard InChI is InChI=1S/C49H28N8/c1-5-22-38-29(13-1)30-14-2-6-23-39(30)49(38)40-24-7-3-15-31(40)33-17-9-18-37(42(33)49)43-53-47(56-41-25-8-4-16-32(41)34-19-10-26-50-44(34)56)55-48(54-43)57-45-35(20-11-27-51-45)36-21-12-28-52-46(36)57/h1-28H. The Balaban J connectivity index is 1.19. The van der Waals surface area contributed by atoms with Crippen LogP contribution in [0.25, 0.3) is 89.5 Å². The first-order valence-electron chi connectivity index (χ1n) is 19.0. The van der Waals surface area contributed by atoms with E-state index in [1.54, 1.807) is 12.4 Å². The SMILES string of the molecule is c1ccc2c(c1)-c1ccccc1C21c2ccccc2-c2cccc(-c3nc(-n4c5ccccc5c5cccnc54)nc(-n4c5ncccc5c5cccnc54)n3)c21. The van der Waals surface area contributed by atoms with E-state index in [1.807, 2.05) is 35.0 Å². The molecule has 0 bridgehead atoms. The Bertz CT molecular complexity index is 3200. The number of pyridine rings is 3. The quantitative estimate of drug-likeness (QED) is 0.180. The van der Waals surface area contributed by atoms with Gasteiger partial charge in [0.1, 0.15) is 16.9 Å². The maximum atomic E-state index is 5.47. The van der Waals surface area contributed by atoms with Gasteiger partial charge in [0.2, 0.25) is 11.9 Å². The number of fused-ring (bicyclic) bond motifs is 16. The summed E-state index contributed by atoms with van der Waals surface area (Å²) < 4.78 is 4.02. The van der Waals surface area contributed by atoms with Gasteiger partial charge in [0.15, 0.2) is 5.82 Å². The van der Waals surface area contributed by atoms with E-state index in [0.29, 0.717) is 17.7 Å². The van der Waals surface area contributed by atoms with E-state index in [0.717, 1.165) is 60.7 Å². The molecule has 2 aliphatic carbocycles. The van der Waals surface area contributed by atoms with Crippen molar-refractivity contribution in [2.75, 3.05) is 0 Å². The lowest BCUT2D eigenvalue weighted by Crippen LogP contribution is -2.27. The normalized spacial score (nSPS) is 13.4. The van der Waals surface area contributed by atoms with E-state index in [1.165, 1.54) is 33.4 Å². The Labute approximate surface area is 325 Å². The van der Waals surface area contributed by atoms with Gasteiger partial charge in [0, 0.05) is 45.7 Å². The number of nitrogens with zero attached hydrogens (tertiary/aromatic N) is 8. The van der Waals surface area contributed by atoms with Crippen LogP contribution in [0.1, 0.15) is 22.3 Å².